The molecule has 10 heteroatoms. The summed E-state index contributed by atoms with van der Waals surface area (Å²) in [5.41, 5.74) is 1.46. The minimum absolute atomic E-state index is 0.119. The van der Waals surface area contributed by atoms with E-state index in [0.717, 1.165) is 0 Å². The van der Waals surface area contributed by atoms with Gasteiger partial charge in [-0.05, 0) is 43.7 Å². The van der Waals surface area contributed by atoms with E-state index >= 15 is 0 Å². The lowest BCUT2D eigenvalue weighted by Gasteiger charge is -2.23. The van der Waals surface area contributed by atoms with Gasteiger partial charge in [-0.15, -0.1) is 0 Å². The van der Waals surface area contributed by atoms with Crippen molar-refractivity contribution in [2.24, 2.45) is 0 Å². The van der Waals surface area contributed by atoms with Crippen molar-refractivity contribution in [3.63, 3.8) is 0 Å². The van der Waals surface area contributed by atoms with Crippen molar-refractivity contribution in [3.05, 3.63) is 58.6 Å². The number of hydrogen-bond donors (Lipinski definition) is 0. The van der Waals surface area contributed by atoms with Crippen molar-refractivity contribution in [2.75, 3.05) is 31.2 Å². The first-order valence-corrected chi connectivity index (χ1v) is 11.5. The first kappa shape index (κ1) is 26.0. The quantitative estimate of drug-likeness (QED) is 0.510. The fraction of sp³-hybridized carbons (Fsp3) is 0.360. The average molecular weight is 503 g/mol. The highest BCUT2D eigenvalue weighted by Crippen LogP contribution is 2.30. The van der Waals surface area contributed by atoms with E-state index in [2.05, 4.69) is 0 Å². The SMILES string of the molecule is CCOC(=O)CN1Cc2ccccc2N(C(=O)c2ccc(OCC(C)OC(C)=O)cc2Cl)CC1=O. The molecule has 0 spiro atoms. The Morgan fingerprint density at radius 3 is 2.54 bits per heavy atom. The molecule has 1 unspecified atom stereocenters. The number of rotatable bonds is 8. The van der Waals surface area contributed by atoms with Crippen molar-refractivity contribution in [1.29, 1.82) is 0 Å². The van der Waals surface area contributed by atoms with Crippen molar-refractivity contribution in [1.82, 2.24) is 4.90 Å². The van der Waals surface area contributed by atoms with Gasteiger partial charge < -0.3 is 19.1 Å². The molecule has 1 aliphatic heterocycles. The largest absolute Gasteiger partial charge is 0.490 e. The Balaban J connectivity index is 1.81. The number of benzene rings is 2. The van der Waals surface area contributed by atoms with Gasteiger partial charge >= 0.3 is 11.9 Å². The molecule has 3 rings (SSSR count). The van der Waals surface area contributed by atoms with E-state index in [4.69, 9.17) is 25.8 Å². The molecule has 1 aliphatic rings. The molecular weight excluding hydrogens is 476 g/mol. The third-order valence-electron chi connectivity index (χ3n) is 5.18. The van der Waals surface area contributed by atoms with E-state index in [1.54, 1.807) is 44.2 Å². The number of halogens is 1. The number of hydrogen-bond acceptors (Lipinski definition) is 7. The van der Waals surface area contributed by atoms with Gasteiger partial charge in [0.25, 0.3) is 5.91 Å². The number of amides is 2. The van der Waals surface area contributed by atoms with Gasteiger partial charge in [0.15, 0.2) is 0 Å². The van der Waals surface area contributed by atoms with Crippen LogP contribution in [0.5, 0.6) is 5.75 Å². The Morgan fingerprint density at radius 1 is 1.11 bits per heavy atom. The highest BCUT2D eigenvalue weighted by atomic mass is 35.5. The summed E-state index contributed by atoms with van der Waals surface area (Å²) in [5.74, 6) is -1.38. The van der Waals surface area contributed by atoms with Crippen LogP contribution in [0.4, 0.5) is 5.69 Å². The summed E-state index contributed by atoms with van der Waals surface area (Å²) in [4.78, 5) is 52.2. The van der Waals surface area contributed by atoms with Crippen molar-refractivity contribution < 1.29 is 33.4 Å². The molecule has 0 fully saturated rings. The van der Waals surface area contributed by atoms with Crippen LogP contribution < -0.4 is 9.64 Å². The van der Waals surface area contributed by atoms with Crippen LogP contribution in [0.25, 0.3) is 0 Å². The van der Waals surface area contributed by atoms with Crippen molar-refractivity contribution in [3.8, 4) is 5.75 Å². The minimum atomic E-state index is -0.514. The van der Waals surface area contributed by atoms with Crippen LogP contribution in [0.1, 0.15) is 36.7 Å². The molecule has 9 nitrogen and oxygen atoms in total. The molecule has 0 aromatic heterocycles. The number of carbonyl (C=O) groups is 4. The number of carbonyl (C=O) groups excluding carboxylic acids is 4. The van der Waals surface area contributed by atoms with E-state index in [-0.39, 0.29) is 43.4 Å². The summed E-state index contributed by atoms with van der Waals surface area (Å²) in [5, 5.41) is 0.144. The Bertz CT molecular complexity index is 1120. The number of ether oxygens (including phenoxy) is 3. The van der Waals surface area contributed by atoms with Crippen LogP contribution in [0.3, 0.4) is 0 Å². The molecule has 0 radical (unpaired) electrons. The summed E-state index contributed by atoms with van der Waals surface area (Å²) in [6.07, 6.45) is -0.454. The molecule has 0 aliphatic carbocycles. The molecule has 2 aromatic rings. The molecule has 0 saturated carbocycles. The third kappa shape index (κ3) is 6.73. The number of anilines is 1. The van der Waals surface area contributed by atoms with E-state index in [1.165, 1.54) is 28.9 Å². The lowest BCUT2D eigenvalue weighted by Crippen LogP contribution is -2.42. The van der Waals surface area contributed by atoms with Gasteiger partial charge in [0, 0.05) is 19.2 Å². The second-order valence-corrected chi connectivity index (χ2v) is 8.35. The minimum Gasteiger partial charge on any atom is -0.490 e. The number of para-hydroxylation sites is 1. The first-order chi connectivity index (χ1) is 16.7. The lowest BCUT2D eigenvalue weighted by molar-refractivity contribution is -0.148. The Hall–Kier alpha value is -3.59. The molecule has 0 N–H and O–H groups in total. The van der Waals surface area contributed by atoms with Crippen LogP contribution in [0.15, 0.2) is 42.5 Å². The first-order valence-electron chi connectivity index (χ1n) is 11.1. The fourth-order valence-electron chi connectivity index (χ4n) is 3.65. The molecule has 2 aromatic carbocycles. The molecule has 1 atom stereocenters. The topological polar surface area (TPSA) is 102 Å². The zero-order valence-corrected chi connectivity index (χ0v) is 20.5. The maximum Gasteiger partial charge on any atom is 0.325 e. The summed E-state index contributed by atoms with van der Waals surface area (Å²) >= 11 is 6.41. The molecular formula is C25H27ClN2O7. The van der Waals surface area contributed by atoms with Crippen molar-refractivity contribution >= 4 is 41.0 Å². The number of nitrogens with zero attached hydrogens (tertiary/aromatic N) is 2. The summed E-state index contributed by atoms with van der Waals surface area (Å²) in [6, 6.07) is 11.7. The van der Waals surface area contributed by atoms with Crippen molar-refractivity contribution in [2.45, 2.75) is 33.4 Å². The average Bonchev–Trinajstić information content (AvgIpc) is 2.93. The van der Waals surface area contributed by atoms with E-state index in [1.807, 2.05) is 0 Å². The predicted octanol–water partition coefficient (Wildman–Crippen LogP) is 3.22. The summed E-state index contributed by atoms with van der Waals surface area (Å²) in [7, 11) is 0. The number of fused-ring (bicyclic) bond motifs is 1. The van der Waals surface area contributed by atoms with Gasteiger partial charge in [0.1, 0.15) is 31.5 Å². The van der Waals surface area contributed by atoms with Crippen LogP contribution in [-0.4, -0.2) is 61.1 Å². The highest BCUT2D eigenvalue weighted by molar-refractivity contribution is 6.34. The van der Waals surface area contributed by atoms with Crippen LogP contribution in [0, 0.1) is 0 Å². The van der Waals surface area contributed by atoms with Gasteiger partial charge in [-0.1, -0.05) is 29.8 Å². The molecule has 186 valence electrons. The van der Waals surface area contributed by atoms with Gasteiger partial charge in [-0.2, -0.15) is 0 Å². The molecule has 0 saturated heterocycles. The third-order valence-corrected chi connectivity index (χ3v) is 5.50. The maximum atomic E-state index is 13.5. The zero-order valence-electron chi connectivity index (χ0n) is 19.8. The number of esters is 2. The van der Waals surface area contributed by atoms with Gasteiger partial charge in [0.05, 0.1) is 17.2 Å². The Morgan fingerprint density at radius 2 is 1.86 bits per heavy atom. The molecule has 2 amide bonds. The fourth-order valence-corrected chi connectivity index (χ4v) is 3.90. The van der Waals surface area contributed by atoms with Crippen LogP contribution in [-0.2, 0) is 30.4 Å². The van der Waals surface area contributed by atoms with Gasteiger partial charge in [-0.3, -0.25) is 24.1 Å². The standard InChI is InChI=1S/C25H27ClN2O7/c1-4-33-24(31)14-27-12-18-7-5-6-8-22(18)28(13-23(27)30)25(32)20-10-9-19(11-21(20)26)34-15-16(2)35-17(3)29/h5-11,16H,4,12-15H2,1-3H3. The summed E-state index contributed by atoms with van der Waals surface area (Å²) in [6.45, 7) is 4.73. The second-order valence-electron chi connectivity index (χ2n) is 7.95. The zero-order chi connectivity index (χ0) is 25.5. The normalized spacial score (nSPS) is 14.0. The Kier molecular flexibility index (Phi) is 8.70. The van der Waals surface area contributed by atoms with Crippen LogP contribution >= 0.6 is 11.6 Å². The monoisotopic (exact) mass is 502 g/mol. The second kappa shape index (κ2) is 11.7. The van der Waals surface area contributed by atoms with E-state index in [0.29, 0.717) is 17.0 Å². The van der Waals surface area contributed by atoms with E-state index < -0.39 is 29.9 Å². The van der Waals surface area contributed by atoms with Gasteiger partial charge in [-0.25, -0.2) is 0 Å². The van der Waals surface area contributed by atoms with Gasteiger partial charge in [0.2, 0.25) is 5.91 Å². The van der Waals surface area contributed by atoms with Crippen LogP contribution in [0.2, 0.25) is 5.02 Å². The van der Waals surface area contributed by atoms with E-state index in [9.17, 15) is 19.2 Å². The molecule has 35 heavy (non-hydrogen) atoms. The maximum absolute atomic E-state index is 13.5. The summed E-state index contributed by atoms with van der Waals surface area (Å²) < 4.78 is 15.6. The molecule has 0 bridgehead atoms. The molecule has 1 heterocycles. The highest BCUT2D eigenvalue weighted by Gasteiger charge is 2.31. The predicted molar refractivity (Wildman–Crippen MR) is 128 cm³/mol. The Labute approximate surface area is 208 Å². The smallest absolute Gasteiger partial charge is 0.325 e. The lowest BCUT2D eigenvalue weighted by atomic mass is 10.1.